The van der Waals surface area contributed by atoms with E-state index in [4.69, 9.17) is 9.54 Å². The second-order valence-electron chi connectivity index (χ2n) is 5.95. The molecular weight excluding hydrogens is 334 g/mol. The average Bonchev–Trinajstić information content (AvgIpc) is 2.60. The van der Waals surface area contributed by atoms with E-state index in [0.29, 0.717) is 5.56 Å². The standard InChI is InChI=1S/C20H15NO3S/c22-25(23,24)13-14-9-11-15(12-10-14)20-18-7-2-1-5-16(18)17-6-3-4-8-19(17)21-20/h1-12H,13H2,(H,22,23,24). The van der Waals surface area contributed by atoms with Crippen molar-refractivity contribution in [2.24, 2.45) is 0 Å². The molecule has 0 radical (unpaired) electrons. The maximum atomic E-state index is 11.0. The quantitative estimate of drug-likeness (QED) is 0.438. The van der Waals surface area contributed by atoms with Crippen LogP contribution in [0.15, 0.2) is 72.8 Å². The molecule has 4 rings (SSSR count). The molecule has 0 fully saturated rings. The van der Waals surface area contributed by atoms with E-state index in [1.165, 1.54) is 0 Å². The van der Waals surface area contributed by atoms with Crippen LogP contribution in [0.5, 0.6) is 0 Å². The van der Waals surface area contributed by atoms with E-state index in [2.05, 4.69) is 12.1 Å². The fraction of sp³-hybridized carbons (Fsp3) is 0.0500. The van der Waals surface area contributed by atoms with Gasteiger partial charge in [0.15, 0.2) is 0 Å². The van der Waals surface area contributed by atoms with Gasteiger partial charge < -0.3 is 0 Å². The topological polar surface area (TPSA) is 67.3 Å². The van der Waals surface area contributed by atoms with Crippen molar-refractivity contribution in [3.05, 3.63) is 78.4 Å². The molecule has 0 atom stereocenters. The van der Waals surface area contributed by atoms with Gasteiger partial charge in [-0.2, -0.15) is 8.42 Å². The summed E-state index contributed by atoms with van der Waals surface area (Å²) in [6.45, 7) is 0. The summed E-state index contributed by atoms with van der Waals surface area (Å²) in [4.78, 5) is 4.81. The number of hydrogen-bond donors (Lipinski definition) is 1. The SMILES string of the molecule is O=S(=O)(O)Cc1ccc(-c2nc3ccccc3c3ccccc23)cc1. The molecule has 3 aromatic carbocycles. The van der Waals surface area contributed by atoms with Crippen LogP contribution in [0, 0.1) is 0 Å². The lowest BCUT2D eigenvalue weighted by atomic mass is 9.99. The molecule has 124 valence electrons. The van der Waals surface area contributed by atoms with Crippen molar-refractivity contribution in [3.8, 4) is 11.3 Å². The Balaban J connectivity index is 1.91. The normalized spacial score (nSPS) is 11.9. The summed E-state index contributed by atoms with van der Waals surface area (Å²) in [5.41, 5.74) is 3.21. The molecule has 0 aliphatic heterocycles. The van der Waals surface area contributed by atoms with Crippen molar-refractivity contribution in [1.82, 2.24) is 4.98 Å². The van der Waals surface area contributed by atoms with Crippen LogP contribution in [0.1, 0.15) is 5.56 Å². The highest BCUT2D eigenvalue weighted by Gasteiger charge is 2.11. The van der Waals surface area contributed by atoms with Crippen LogP contribution in [-0.4, -0.2) is 18.0 Å². The molecule has 0 amide bonds. The van der Waals surface area contributed by atoms with Crippen molar-refractivity contribution >= 4 is 31.8 Å². The van der Waals surface area contributed by atoms with E-state index in [0.717, 1.165) is 32.9 Å². The van der Waals surface area contributed by atoms with Crippen LogP contribution in [-0.2, 0) is 15.9 Å². The largest absolute Gasteiger partial charge is 0.285 e. The molecule has 0 spiro atoms. The van der Waals surface area contributed by atoms with Crippen molar-refractivity contribution < 1.29 is 13.0 Å². The lowest BCUT2D eigenvalue weighted by Gasteiger charge is -2.10. The minimum absolute atomic E-state index is 0.390. The third-order valence-corrected chi connectivity index (χ3v) is 4.88. The van der Waals surface area contributed by atoms with Gasteiger partial charge in [-0.3, -0.25) is 4.55 Å². The number of para-hydroxylation sites is 1. The first-order valence-corrected chi connectivity index (χ1v) is 9.44. The van der Waals surface area contributed by atoms with E-state index in [1.807, 2.05) is 48.5 Å². The Kier molecular flexibility index (Phi) is 3.75. The summed E-state index contributed by atoms with van der Waals surface area (Å²) in [5, 5.41) is 3.28. The number of fused-ring (bicyclic) bond motifs is 3. The molecule has 0 unspecified atom stereocenters. The molecule has 0 saturated heterocycles. The predicted octanol–water partition coefficient (Wildman–Crippen LogP) is 4.44. The van der Waals surface area contributed by atoms with E-state index < -0.39 is 10.1 Å². The molecule has 25 heavy (non-hydrogen) atoms. The molecular formula is C20H15NO3S. The van der Waals surface area contributed by atoms with Crippen molar-refractivity contribution in [3.63, 3.8) is 0 Å². The van der Waals surface area contributed by atoms with Gasteiger partial charge in [0.05, 0.1) is 11.2 Å². The van der Waals surface area contributed by atoms with Crippen LogP contribution in [0.3, 0.4) is 0 Å². The maximum Gasteiger partial charge on any atom is 0.269 e. The lowest BCUT2D eigenvalue weighted by Crippen LogP contribution is -2.01. The highest BCUT2D eigenvalue weighted by molar-refractivity contribution is 7.85. The number of rotatable bonds is 3. The van der Waals surface area contributed by atoms with E-state index in [-0.39, 0.29) is 5.75 Å². The highest BCUT2D eigenvalue weighted by atomic mass is 32.2. The molecule has 0 saturated carbocycles. The zero-order valence-electron chi connectivity index (χ0n) is 13.3. The summed E-state index contributed by atoms with van der Waals surface area (Å²) < 4.78 is 31.0. The second kappa shape index (κ2) is 5.95. The second-order valence-corrected chi connectivity index (χ2v) is 7.40. The number of pyridine rings is 1. The third kappa shape index (κ3) is 3.12. The first-order chi connectivity index (χ1) is 12.0. The molecule has 0 aliphatic carbocycles. The molecule has 4 aromatic rings. The molecule has 5 heteroatoms. The fourth-order valence-electron chi connectivity index (χ4n) is 3.09. The Morgan fingerprint density at radius 2 is 1.36 bits per heavy atom. The van der Waals surface area contributed by atoms with Crippen LogP contribution in [0.25, 0.3) is 32.9 Å². The fourth-order valence-corrected chi connectivity index (χ4v) is 3.71. The Bertz CT molecular complexity index is 1180. The van der Waals surface area contributed by atoms with E-state index in [9.17, 15) is 8.42 Å². The van der Waals surface area contributed by atoms with Gasteiger partial charge in [-0.05, 0) is 17.0 Å². The smallest absolute Gasteiger partial charge is 0.269 e. The zero-order chi connectivity index (χ0) is 17.4. The van der Waals surface area contributed by atoms with Gasteiger partial charge in [-0.15, -0.1) is 0 Å². The van der Waals surface area contributed by atoms with Gasteiger partial charge in [-0.1, -0.05) is 66.7 Å². The number of nitrogens with zero attached hydrogens (tertiary/aromatic N) is 1. The molecule has 1 aromatic heterocycles. The minimum Gasteiger partial charge on any atom is -0.285 e. The van der Waals surface area contributed by atoms with Crippen LogP contribution in [0.2, 0.25) is 0 Å². The van der Waals surface area contributed by atoms with Gasteiger partial charge in [0.25, 0.3) is 10.1 Å². The zero-order valence-corrected chi connectivity index (χ0v) is 14.1. The van der Waals surface area contributed by atoms with Gasteiger partial charge in [0, 0.05) is 16.3 Å². The van der Waals surface area contributed by atoms with E-state index >= 15 is 0 Å². The summed E-state index contributed by atoms with van der Waals surface area (Å²) in [6.07, 6.45) is 0. The Morgan fingerprint density at radius 1 is 0.760 bits per heavy atom. The summed E-state index contributed by atoms with van der Waals surface area (Å²) in [5.74, 6) is -0.390. The third-order valence-electron chi connectivity index (χ3n) is 4.19. The van der Waals surface area contributed by atoms with E-state index in [1.54, 1.807) is 12.1 Å². The van der Waals surface area contributed by atoms with Crippen LogP contribution in [0.4, 0.5) is 0 Å². The first-order valence-electron chi connectivity index (χ1n) is 7.83. The van der Waals surface area contributed by atoms with Crippen molar-refractivity contribution in [1.29, 1.82) is 0 Å². The average molecular weight is 349 g/mol. The summed E-state index contributed by atoms with van der Waals surface area (Å²) >= 11 is 0. The highest BCUT2D eigenvalue weighted by Crippen LogP contribution is 2.32. The Labute approximate surface area is 145 Å². The summed E-state index contributed by atoms with van der Waals surface area (Å²) in [7, 11) is -4.03. The number of benzene rings is 3. The Morgan fingerprint density at radius 3 is 2.04 bits per heavy atom. The molecule has 0 aliphatic rings. The van der Waals surface area contributed by atoms with Crippen LogP contribution >= 0.6 is 0 Å². The monoisotopic (exact) mass is 349 g/mol. The van der Waals surface area contributed by atoms with Gasteiger partial charge >= 0.3 is 0 Å². The molecule has 0 bridgehead atoms. The van der Waals surface area contributed by atoms with Crippen molar-refractivity contribution in [2.75, 3.05) is 0 Å². The first kappa shape index (κ1) is 15.7. The number of aromatic nitrogens is 1. The molecule has 4 nitrogen and oxygen atoms in total. The number of hydrogen-bond acceptors (Lipinski definition) is 3. The van der Waals surface area contributed by atoms with Crippen molar-refractivity contribution in [2.45, 2.75) is 5.75 Å². The predicted molar refractivity (Wildman–Crippen MR) is 99.9 cm³/mol. The summed E-state index contributed by atoms with van der Waals surface area (Å²) in [6, 6.07) is 23.2. The van der Waals surface area contributed by atoms with Gasteiger partial charge in [0.2, 0.25) is 0 Å². The van der Waals surface area contributed by atoms with Crippen LogP contribution < -0.4 is 0 Å². The van der Waals surface area contributed by atoms with Gasteiger partial charge in [0.1, 0.15) is 5.75 Å². The molecule has 1 N–H and O–H groups in total. The lowest BCUT2D eigenvalue weighted by molar-refractivity contribution is 0.482. The maximum absolute atomic E-state index is 11.0. The Hall–Kier alpha value is -2.76. The van der Waals surface area contributed by atoms with Gasteiger partial charge in [-0.25, -0.2) is 4.98 Å². The minimum atomic E-state index is -4.03. The molecule has 1 heterocycles.